The molecule has 0 aromatic heterocycles. The topological polar surface area (TPSA) is 67.9 Å². The highest BCUT2D eigenvalue weighted by molar-refractivity contribution is 6.17. The zero-order valence-corrected chi connectivity index (χ0v) is 11.3. The van der Waals surface area contributed by atoms with Gasteiger partial charge in [-0.25, -0.2) is 9.59 Å². The van der Waals surface area contributed by atoms with Crippen molar-refractivity contribution in [3.63, 3.8) is 0 Å². The lowest BCUT2D eigenvalue weighted by molar-refractivity contribution is 0.0521. The van der Waals surface area contributed by atoms with Gasteiger partial charge in [-0.05, 0) is 20.8 Å². The molecule has 0 aliphatic carbocycles. The van der Waals surface area contributed by atoms with Gasteiger partial charge >= 0.3 is 12.2 Å². The Hall–Kier alpha value is -1.17. The number of nitrogens with zero attached hydrogens (tertiary/aromatic N) is 1. The first-order valence-corrected chi connectivity index (χ1v) is 5.70. The predicted octanol–water partition coefficient (Wildman–Crippen LogP) is 1.78. The summed E-state index contributed by atoms with van der Waals surface area (Å²) in [5.74, 6) is 0. The average molecular weight is 267 g/mol. The van der Waals surface area contributed by atoms with Crippen LogP contribution in [-0.4, -0.2) is 48.9 Å². The first-order chi connectivity index (χ1) is 7.76. The summed E-state index contributed by atoms with van der Waals surface area (Å²) in [7, 11) is 1.55. The number of hydrogen-bond acceptors (Lipinski definition) is 4. The van der Waals surface area contributed by atoms with Gasteiger partial charge < -0.3 is 19.7 Å². The minimum absolute atomic E-state index is 0.192. The number of ether oxygens (including phenoxy) is 2. The Bertz CT molecular complexity index is 266. The maximum Gasteiger partial charge on any atom is 0.410 e. The summed E-state index contributed by atoms with van der Waals surface area (Å²) in [6.07, 6.45) is -1.05. The molecule has 6 nitrogen and oxygen atoms in total. The van der Waals surface area contributed by atoms with Crippen LogP contribution in [0.3, 0.4) is 0 Å². The van der Waals surface area contributed by atoms with Gasteiger partial charge in [0.2, 0.25) is 0 Å². The molecule has 7 heteroatoms. The summed E-state index contributed by atoms with van der Waals surface area (Å²) in [6.45, 7) is 5.92. The second kappa shape index (κ2) is 7.21. The second-order valence-corrected chi connectivity index (χ2v) is 4.59. The molecular weight excluding hydrogens is 248 g/mol. The van der Waals surface area contributed by atoms with E-state index < -0.39 is 17.8 Å². The van der Waals surface area contributed by atoms with E-state index in [4.69, 9.17) is 16.3 Å². The van der Waals surface area contributed by atoms with E-state index in [1.54, 1.807) is 27.8 Å². The number of likely N-dealkylation sites (N-methyl/N-ethyl adjacent to an activating group) is 1. The largest absolute Gasteiger partial charge is 0.444 e. The van der Waals surface area contributed by atoms with Crippen LogP contribution < -0.4 is 5.32 Å². The normalized spacial score (nSPS) is 10.6. The number of carbonyl (C=O) groups excluding carboxylic acids is 2. The Balaban J connectivity index is 3.77. The summed E-state index contributed by atoms with van der Waals surface area (Å²) in [5, 5.41) is 2.52. The van der Waals surface area contributed by atoms with Gasteiger partial charge in [-0.2, -0.15) is 0 Å². The summed E-state index contributed by atoms with van der Waals surface area (Å²) >= 11 is 5.24. The molecule has 0 aromatic carbocycles. The van der Waals surface area contributed by atoms with E-state index in [1.165, 1.54) is 4.90 Å². The van der Waals surface area contributed by atoms with Crippen molar-refractivity contribution < 1.29 is 19.1 Å². The number of halogens is 1. The number of alkyl halides is 1. The van der Waals surface area contributed by atoms with Gasteiger partial charge in [-0.1, -0.05) is 11.6 Å². The maximum absolute atomic E-state index is 11.2. The Morgan fingerprint density at radius 3 is 2.41 bits per heavy atom. The number of nitrogens with one attached hydrogen (secondary N) is 1. The molecule has 100 valence electrons. The number of hydrogen-bond donors (Lipinski definition) is 1. The zero-order valence-electron chi connectivity index (χ0n) is 10.6. The van der Waals surface area contributed by atoms with Crippen LogP contribution in [0.4, 0.5) is 9.59 Å². The summed E-state index contributed by atoms with van der Waals surface area (Å²) in [6, 6.07) is -0.192. The quantitative estimate of drug-likeness (QED) is 0.788. The monoisotopic (exact) mass is 266 g/mol. The minimum atomic E-state index is -0.536. The van der Waals surface area contributed by atoms with Crippen molar-refractivity contribution in [3.8, 4) is 0 Å². The Kier molecular flexibility index (Phi) is 6.72. The molecule has 0 atom stereocenters. The summed E-state index contributed by atoms with van der Waals surface area (Å²) < 4.78 is 9.57. The van der Waals surface area contributed by atoms with Gasteiger partial charge in [0.15, 0.2) is 6.07 Å². The SMILES string of the molecule is CN(CCNC(=O)OC(C)(C)C)C(=O)OCCl. The molecule has 0 saturated heterocycles. The van der Waals surface area contributed by atoms with Gasteiger partial charge in [-0.15, -0.1) is 0 Å². The van der Waals surface area contributed by atoms with Crippen LogP contribution in [0, 0.1) is 0 Å². The molecule has 0 aliphatic rings. The van der Waals surface area contributed by atoms with E-state index in [0.29, 0.717) is 6.54 Å². The summed E-state index contributed by atoms with van der Waals surface area (Å²) in [4.78, 5) is 23.7. The molecule has 17 heavy (non-hydrogen) atoms. The Morgan fingerprint density at radius 2 is 1.94 bits per heavy atom. The van der Waals surface area contributed by atoms with Crippen LogP contribution >= 0.6 is 11.6 Å². The van der Waals surface area contributed by atoms with Gasteiger partial charge in [0.25, 0.3) is 0 Å². The first kappa shape index (κ1) is 15.8. The number of alkyl carbamates (subject to hydrolysis) is 1. The van der Waals surface area contributed by atoms with E-state index >= 15 is 0 Å². The lowest BCUT2D eigenvalue weighted by Gasteiger charge is -2.20. The molecular formula is C10H19ClN2O4. The van der Waals surface area contributed by atoms with E-state index in [9.17, 15) is 9.59 Å². The zero-order chi connectivity index (χ0) is 13.5. The predicted molar refractivity (Wildman–Crippen MR) is 64.1 cm³/mol. The lowest BCUT2D eigenvalue weighted by Crippen LogP contribution is -2.38. The minimum Gasteiger partial charge on any atom is -0.444 e. The van der Waals surface area contributed by atoms with Crippen molar-refractivity contribution in [2.45, 2.75) is 26.4 Å². The van der Waals surface area contributed by atoms with Crippen molar-refractivity contribution in [2.24, 2.45) is 0 Å². The fourth-order valence-electron chi connectivity index (χ4n) is 0.888. The second-order valence-electron chi connectivity index (χ2n) is 4.37. The lowest BCUT2D eigenvalue weighted by atomic mass is 10.2. The molecule has 0 saturated carbocycles. The van der Waals surface area contributed by atoms with Crippen LogP contribution in [0.15, 0.2) is 0 Å². The van der Waals surface area contributed by atoms with Crippen LogP contribution in [-0.2, 0) is 9.47 Å². The van der Waals surface area contributed by atoms with E-state index in [1.807, 2.05) is 0 Å². The number of carbonyl (C=O) groups is 2. The van der Waals surface area contributed by atoms with Crippen molar-refractivity contribution in [3.05, 3.63) is 0 Å². The molecule has 0 fully saturated rings. The third kappa shape index (κ3) is 8.62. The molecule has 0 rings (SSSR count). The first-order valence-electron chi connectivity index (χ1n) is 5.17. The summed E-state index contributed by atoms with van der Waals surface area (Å²) in [5.41, 5.74) is -0.534. The van der Waals surface area contributed by atoms with Crippen molar-refractivity contribution in [1.82, 2.24) is 10.2 Å². The van der Waals surface area contributed by atoms with Gasteiger partial charge in [0.05, 0.1) is 0 Å². The van der Waals surface area contributed by atoms with Gasteiger partial charge in [0.1, 0.15) is 5.60 Å². The molecule has 0 bridgehead atoms. The van der Waals surface area contributed by atoms with Crippen LogP contribution in [0.2, 0.25) is 0 Å². The maximum atomic E-state index is 11.2. The molecule has 0 radical (unpaired) electrons. The fraction of sp³-hybridized carbons (Fsp3) is 0.800. The highest BCUT2D eigenvalue weighted by Gasteiger charge is 2.16. The molecule has 0 spiro atoms. The molecule has 0 unspecified atom stereocenters. The number of amides is 2. The van der Waals surface area contributed by atoms with Crippen molar-refractivity contribution >= 4 is 23.8 Å². The third-order valence-corrected chi connectivity index (χ3v) is 1.71. The van der Waals surface area contributed by atoms with Crippen molar-refractivity contribution in [2.75, 3.05) is 26.2 Å². The van der Waals surface area contributed by atoms with Crippen LogP contribution in [0.5, 0.6) is 0 Å². The average Bonchev–Trinajstić information content (AvgIpc) is 2.14. The molecule has 0 aromatic rings. The molecule has 1 N–H and O–H groups in total. The molecule has 0 aliphatic heterocycles. The van der Waals surface area contributed by atoms with Crippen LogP contribution in [0.1, 0.15) is 20.8 Å². The van der Waals surface area contributed by atoms with E-state index in [0.717, 1.165) is 0 Å². The van der Waals surface area contributed by atoms with Gasteiger partial charge in [-0.3, -0.25) is 0 Å². The smallest absolute Gasteiger partial charge is 0.410 e. The van der Waals surface area contributed by atoms with Crippen molar-refractivity contribution in [1.29, 1.82) is 0 Å². The molecule has 0 heterocycles. The molecule has 2 amide bonds. The highest BCUT2D eigenvalue weighted by atomic mass is 35.5. The van der Waals surface area contributed by atoms with Crippen LogP contribution in [0.25, 0.3) is 0 Å². The highest BCUT2D eigenvalue weighted by Crippen LogP contribution is 2.06. The van der Waals surface area contributed by atoms with E-state index in [2.05, 4.69) is 10.1 Å². The Morgan fingerprint density at radius 1 is 1.35 bits per heavy atom. The number of rotatable bonds is 4. The Labute approximate surface area is 106 Å². The standard InChI is InChI=1S/C10H19ClN2O4/c1-10(2,3)17-8(14)12-5-6-13(4)9(15)16-7-11/h5-7H2,1-4H3,(H,12,14). The third-order valence-electron chi connectivity index (χ3n) is 1.61. The van der Waals surface area contributed by atoms with Gasteiger partial charge in [0, 0.05) is 20.1 Å². The van der Waals surface area contributed by atoms with E-state index in [-0.39, 0.29) is 12.6 Å². The fourth-order valence-corrected chi connectivity index (χ4v) is 0.981.